The average molecular weight is 259 g/mol. The monoisotopic (exact) mass is 258 g/mol. The van der Waals surface area contributed by atoms with E-state index in [-0.39, 0.29) is 15.6 Å². The Bertz CT molecular complexity index is 645. The van der Waals surface area contributed by atoms with Crippen molar-refractivity contribution in [1.82, 2.24) is 0 Å². The molecule has 0 spiro atoms. The number of rotatable bonds is 1. The predicted molar refractivity (Wildman–Crippen MR) is 59.5 cm³/mol. The number of carboxylic acids is 1. The molecule has 6 heteroatoms. The summed E-state index contributed by atoms with van der Waals surface area (Å²) in [5.74, 6) is -1.35. The van der Waals surface area contributed by atoms with E-state index in [1.165, 1.54) is 18.2 Å². The van der Waals surface area contributed by atoms with Gasteiger partial charge in [-0.05, 0) is 12.1 Å². The van der Waals surface area contributed by atoms with Gasteiger partial charge in [-0.3, -0.25) is 0 Å². The van der Waals surface area contributed by atoms with Crippen molar-refractivity contribution in [3.8, 4) is 0 Å². The van der Waals surface area contributed by atoms with Crippen LogP contribution in [0.5, 0.6) is 0 Å². The first kappa shape index (κ1) is 11.0. The van der Waals surface area contributed by atoms with Gasteiger partial charge in [-0.1, -0.05) is 23.2 Å². The van der Waals surface area contributed by atoms with Crippen LogP contribution in [0, 0.1) is 0 Å². The molecular weight excluding hydrogens is 255 g/mol. The van der Waals surface area contributed by atoms with Gasteiger partial charge in [-0.25, -0.2) is 9.59 Å². The van der Waals surface area contributed by atoms with E-state index in [1.807, 2.05) is 0 Å². The van der Waals surface area contributed by atoms with Crippen molar-refractivity contribution in [1.29, 1.82) is 0 Å². The maximum absolute atomic E-state index is 11.2. The van der Waals surface area contributed by atoms with Crippen LogP contribution in [0.3, 0.4) is 0 Å². The summed E-state index contributed by atoms with van der Waals surface area (Å²) in [7, 11) is 0. The first-order chi connectivity index (χ1) is 7.49. The van der Waals surface area contributed by atoms with Crippen LogP contribution >= 0.6 is 23.2 Å². The molecule has 4 nitrogen and oxygen atoms in total. The van der Waals surface area contributed by atoms with Crippen molar-refractivity contribution in [3.63, 3.8) is 0 Å². The summed E-state index contributed by atoms with van der Waals surface area (Å²) in [5.41, 5.74) is -1.16. The van der Waals surface area contributed by atoms with E-state index in [0.29, 0.717) is 5.39 Å². The van der Waals surface area contributed by atoms with Crippen molar-refractivity contribution in [2.45, 2.75) is 0 Å². The first-order valence-corrected chi connectivity index (χ1v) is 4.91. The molecule has 16 heavy (non-hydrogen) atoms. The Morgan fingerprint density at radius 1 is 1.19 bits per heavy atom. The zero-order valence-electron chi connectivity index (χ0n) is 7.66. The number of aromatic carboxylic acids is 1. The highest BCUT2D eigenvalue weighted by Gasteiger charge is 2.13. The fraction of sp³-hybridized carbons (Fsp3) is 0. The number of hydrogen-bond acceptors (Lipinski definition) is 3. The number of fused-ring (bicyclic) bond motifs is 1. The molecule has 0 radical (unpaired) electrons. The lowest BCUT2D eigenvalue weighted by atomic mass is 10.2. The van der Waals surface area contributed by atoms with E-state index in [9.17, 15) is 9.59 Å². The molecule has 0 amide bonds. The molecule has 0 saturated carbocycles. The number of halogens is 2. The van der Waals surface area contributed by atoms with Crippen molar-refractivity contribution in [3.05, 3.63) is 44.2 Å². The molecule has 0 fully saturated rings. The lowest BCUT2D eigenvalue weighted by Gasteiger charge is -2.00. The third-order valence-corrected chi connectivity index (χ3v) is 2.73. The van der Waals surface area contributed by atoms with Gasteiger partial charge in [0.2, 0.25) is 0 Å². The van der Waals surface area contributed by atoms with Gasteiger partial charge in [0.25, 0.3) is 0 Å². The van der Waals surface area contributed by atoms with Gasteiger partial charge >= 0.3 is 11.6 Å². The second-order valence-electron chi connectivity index (χ2n) is 3.06. The summed E-state index contributed by atoms with van der Waals surface area (Å²) < 4.78 is 4.81. The minimum atomic E-state index is -1.35. The van der Waals surface area contributed by atoms with Gasteiger partial charge in [0.15, 0.2) is 0 Å². The molecule has 1 heterocycles. The molecule has 0 bridgehead atoms. The fourth-order valence-electron chi connectivity index (χ4n) is 1.26. The van der Waals surface area contributed by atoms with E-state index in [1.54, 1.807) is 0 Å². The van der Waals surface area contributed by atoms with Crippen LogP contribution in [0.25, 0.3) is 11.0 Å². The largest absolute Gasteiger partial charge is 0.477 e. The lowest BCUT2D eigenvalue weighted by Crippen LogP contribution is -2.12. The molecule has 1 N–H and O–H groups in total. The van der Waals surface area contributed by atoms with Gasteiger partial charge < -0.3 is 9.52 Å². The quantitative estimate of drug-likeness (QED) is 0.799. The highest BCUT2D eigenvalue weighted by atomic mass is 35.5. The van der Waals surface area contributed by atoms with Gasteiger partial charge in [-0.15, -0.1) is 0 Å². The normalized spacial score (nSPS) is 10.6. The smallest absolute Gasteiger partial charge is 0.351 e. The Labute approximate surface area is 99.0 Å². The standard InChI is InChI=1S/C10H4Cl2O4/c11-6-2-4-1-5(9(13)14)10(15)16-8(4)3-7(6)12/h1-3H,(H,13,14). The molecule has 0 atom stereocenters. The summed E-state index contributed by atoms with van der Waals surface area (Å²) in [6.45, 7) is 0. The first-order valence-electron chi connectivity index (χ1n) is 4.15. The highest BCUT2D eigenvalue weighted by molar-refractivity contribution is 6.42. The number of hydrogen-bond donors (Lipinski definition) is 1. The predicted octanol–water partition coefficient (Wildman–Crippen LogP) is 2.80. The average Bonchev–Trinajstić information content (AvgIpc) is 2.19. The molecule has 1 aromatic heterocycles. The second kappa shape index (κ2) is 3.81. The number of carbonyl (C=O) groups is 1. The summed E-state index contributed by atoms with van der Waals surface area (Å²) in [6, 6.07) is 4.01. The van der Waals surface area contributed by atoms with E-state index in [4.69, 9.17) is 32.7 Å². The maximum atomic E-state index is 11.2. The number of carboxylic acid groups (broad SMARTS) is 1. The molecule has 82 valence electrons. The minimum absolute atomic E-state index is 0.199. The summed E-state index contributed by atoms with van der Waals surface area (Å²) >= 11 is 11.5. The van der Waals surface area contributed by atoms with E-state index >= 15 is 0 Å². The SMILES string of the molecule is O=C(O)c1cc2cc(Cl)c(Cl)cc2oc1=O. The Morgan fingerprint density at radius 3 is 2.44 bits per heavy atom. The van der Waals surface area contributed by atoms with E-state index in [0.717, 1.165) is 0 Å². The van der Waals surface area contributed by atoms with Crippen LogP contribution in [-0.4, -0.2) is 11.1 Å². The molecule has 1 aromatic carbocycles. The zero-order chi connectivity index (χ0) is 11.9. The molecule has 0 saturated heterocycles. The highest BCUT2D eigenvalue weighted by Crippen LogP contribution is 2.27. The summed E-state index contributed by atoms with van der Waals surface area (Å²) in [5, 5.41) is 9.64. The molecule has 2 rings (SSSR count). The van der Waals surface area contributed by atoms with Crippen LogP contribution in [0.4, 0.5) is 0 Å². The van der Waals surface area contributed by atoms with Crippen LogP contribution in [0.1, 0.15) is 10.4 Å². The fourth-order valence-corrected chi connectivity index (χ4v) is 1.59. The molecule has 0 aliphatic rings. The van der Waals surface area contributed by atoms with Crippen LogP contribution < -0.4 is 5.63 Å². The Balaban J connectivity index is 2.85. The van der Waals surface area contributed by atoms with Gasteiger partial charge in [0.1, 0.15) is 11.1 Å². The minimum Gasteiger partial charge on any atom is -0.477 e. The Hall–Kier alpha value is -1.52. The van der Waals surface area contributed by atoms with Crippen LogP contribution in [-0.2, 0) is 0 Å². The molecule has 0 unspecified atom stereocenters. The zero-order valence-corrected chi connectivity index (χ0v) is 9.17. The summed E-state index contributed by atoms with van der Waals surface area (Å²) in [4.78, 5) is 21.9. The van der Waals surface area contributed by atoms with Crippen molar-refractivity contribution in [2.24, 2.45) is 0 Å². The molecule has 2 aromatic rings. The van der Waals surface area contributed by atoms with Gasteiger partial charge in [-0.2, -0.15) is 0 Å². The number of benzene rings is 1. The van der Waals surface area contributed by atoms with Crippen molar-refractivity contribution in [2.75, 3.05) is 0 Å². The van der Waals surface area contributed by atoms with Crippen molar-refractivity contribution < 1.29 is 14.3 Å². The lowest BCUT2D eigenvalue weighted by molar-refractivity contribution is 0.0692. The Morgan fingerprint density at radius 2 is 1.81 bits per heavy atom. The second-order valence-corrected chi connectivity index (χ2v) is 3.87. The third-order valence-electron chi connectivity index (χ3n) is 2.01. The molecule has 0 aliphatic heterocycles. The van der Waals surface area contributed by atoms with Crippen LogP contribution in [0.2, 0.25) is 10.0 Å². The van der Waals surface area contributed by atoms with Gasteiger partial charge in [0.05, 0.1) is 10.0 Å². The summed E-state index contributed by atoms with van der Waals surface area (Å²) in [6.07, 6.45) is 0. The maximum Gasteiger partial charge on any atom is 0.351 e. The van der Waals surface area contributed by atoms with Crippen LogP contribution in [0.15, 0.2) is 27.4 Å². The van der Waals surface area contributed by atoms with Gasteiger partial charge in [0, 0.05) is 11.5 Å². The topological polar surface area (TPSA) is 67.5 Å². The molecular formula is C10H4Cl2O4. The van der Waals surface area contributed by atoms with E-state index in [2.05, 4.69) is 0 Å². The van der Waals surface area contributed by atoms with Crippen molar-refractivity contribution >= 4 is 40.1 Å². The molecule has 0 aliphatic carbocycles. The third kappa shape index (κ3) is 1.77. The van der Waals surface area contributed by atoms with E-state index < -0.39 is 17.2 Å². The Kier molecular flexibility index (Phi) is 2.61.